The first kappa shape index (κ1) is 9.52. The number of carbonyl (C=O) groups excluding carboxylic acids is 1. The molecular weight excluding hydrogens is 154 g/mol. The van der Waals surface area contributed by atoms with Gasteiger partial charge in [0, 0.05) is 12.1 Å². The average Bonchev–Trinajstić information content (AvgIpc) is 1.97. The van der Waals surface area contributed by atoms with Crippen LogP contribution >= 0.6 is 0 Å². The normalized spacial score (nSPS) is 19.8. The van der Waals surface area contributed by atoms with Crippen LogP contribution in [0.3, 0.4) is 0 Å². The van der Waals surface area contributed by atoms with Gasteiger partial charge in [0.05, 0.1) is 13.5 Å². The van der Waals surface area contributed by atoms with Crippen molar-refractivity contribution in [2.24, 2.45) is 0 Å². The fourth-order valence-corrected chi connectivity index (χ4v) is 1.37. The largest absolute Gasteiger partial charge is 0.469 e. The van der Waals surface area contributed by atoms with Crippen LogP contribution in [0.15, 0.2) is 0 Å². The summed E-state index contributed by atoms with van der Waals surface area (Å²) in [6.45, 7) is 2.02. The first-order valence-corrected chi connectivity index (χ1v) is 4.55. The number of hydrogen-bond donors (Lipinski definition) is 1. The van der Waals surface area contributed by atoms with Crippen LogP contribution in [-0.4, -0.2) is 25.2 Å². The molecule has 0 amide bonds. The molecule has 0 radical (unpaired) electrons. The number of rotatable bonds is 4. The third-order valence-electron chi connectivity index (χ3n) is 2.33. The van der Waals surface area contributed by atoms with Crippen molar-refractivity contribution < 1.29 is 9.53 Å². The maximum Gasteiger partial charge on any atom is 0.307 e. The van der Waals surface area contributed by atoms with Gasteiger partial charge < -0.3 is 10.1 Å². The molecule has 70 valence electrons. The van der Waals surface area contributed by atoms with E-state index in [2.05, 4.69) is 10.1 Å². The number of nitrogens with one attached hydrogen (secondary N) is 1. The van der Waals surface area contributed by atoms with Crippen LogP contribution < -0.4 is 5.32 Å². The van der Waals surface area contributed by atoms with E-state index in [1.165, 1.54) is 26.4 Å². The summed E-state index contributed by atoms with van der Waals surface area (Å²) in [4.78, 5) is 10.8. The Bertz CT molecular complexity index is 155. The lowest BCUT2D eigenvalue weighted by molar-refractivity contribution is -0.141. The summed E-state index contributed by atoms with van der Waals surface area (Å²) in [6.07, 6.45) is 4.31. The quantitative estimate of drug-likeness (QED) is 0.643. The number of esters is 1. The summed E-state index contributed by atoms with van der Waals surface area (Å²) < 4.78 is 4.58. The highest BCUT2D eigenvalue weighted by atomic mass is 16.5. The van der Waals surface area contributed by atoms with Crippen molar-refractivity contribution in [1.29, 1.82) is 0 Å². The fourth-order valence-electron chi connectivity index (χ4n) is 1.37. The van der Waals surface area contributed by atoms with Crippen LogP contribution in [-0.2, 0) is 9.53 Å². The minimum absolute atomic E-state index is 0.130. The van der Waals surface area contributed by atoms with Gasteiger partial charge in [-0.2, -0.15) is 0 Å². The molecule has 1 unspecified atom stereocenters. The van der Waals surface area contributed by atoms with Crippen molar-refractivity contribution in [1.82, 2.24) is 5.32 Å². The number of ether oxygens (including phenoxy) is 1. The van der Waals surface area contributed by atoms with Gasteiger partial charge in [-0.1, -0.05) is 6.42 Å². The molecule has 0 aromatic heterocycles. The lowest BCUT2D eigenvalue weighted by Crippen LogP contribution is -2.41. The molecule has 0 aliphatic heterocycles. The highest BCUT2D eigenvalue weighted by Crippen LogP contribution is 2.18. The Hall–Kier alpha value is -0.570. The summed E-state index contributed by atoms with van der Waals surface area (Å²) in [5.74, 6) is -0.130. The van der Waals surface area contributed by atoms with Crippen molar-refractivity contribution >= 4 is 5.97 Å². The molecule has 3 heteroatoms. The molecule has 1 rings (SSSR count). The van der Waals surface area contributed by atoms with E-state index in [4.69, 9.17) is 0 Å². The van der Waals surface area contributed by atoms with Crippen molar-refractivity contribution in [3.05, 3.63) is 0 Å². The van der Waals surface area contributed by atoms with Gasteiger partial charge in [0.1, 0.15) is 0 Å². The number of hydrogen-bond acceptors (Lipinski definition) is 3. The molecule has 1 fully saturated rings. The summed E-state index contributed by atoms with van der Waals surface area (Å²) >= 11 is 0. The van der Waals surface area contributed by atoms with Crippen molar-refractivity contribution in [3.63, 3.8) is 0 Å². The maximum absolute atomic E-state index is 10.8. The van der Waals surface area contributed by atoms with Crippen LogP contribution in [0, 0.1) is 0 Å². The molecule has 1 N–H and O–H groups in total. The van der Waals surface area contributed by atoms with Gasteiger partial charge in [-0.25, -0.2) is 0 Å². The average molecular weight is 171 g/mol. The van der Waals surface area contributed by atoms with Crippen molar-refractivity contribution in [2.45, 2.75) is 44.7 Å². The van der Waals surface area contributed by atoms with Crippen LogP contribution in [0.1, 0.15) is 32.6 Å². The van der Waals surface area contributed by atoms with Crippen LogP contribution in [0.5, 0.6) is 0 Å². The van der Waals surface area contributed by atoms with Crippen LogP contribution in [0.25, 0.3) is 0 Å². The predicted molar refractivity (Wildman–Crippen MR) is 46.9 cm³/mol. The Labute approximate surface area is 73.5 Å². The van der Waals surface area contributed by atoms with Gasteiger partial charge in [0.25, 0.3) is 0 Å². The second-order valence-electron chi connectivity index (χ2n) is 3.48. The molecule has 0 heterocycles. The summed E-state index contributed by atoms with van der Waals surface area (Å²) in [6, 6.07) is 0.896. The van der Waals surface area contributed by atoms with Gasteiger partial charge in [-0.05, 0) is 19.8 Å². The topological polar surface area (TPSA) is 38.3 Å². The molecule has 0 aromatic carbocycles. The van der Waals surface area contributed by atoms with Gasteiger partial charge in [0.2, 0.25) is 0 Å². The molecule has 1 saturated carbocycles. The van der Waals surface area contributed by atoms with E-state index in [9.17, 15) is 4.79 Å². The first-order chi connectivity index (χ1) is 5.72. The second kappa shape index (κ2) is 4.45. The summed E-state index contributed by atoms with van der Waals surface area (Å²) in [5, 5.41) is 3.38. The Balaban J connectivity index is 2.10. The third kappa shape index (κ3) is 2.81. The summed E-state index contributed by atoms with van der Waals surface area (Å²) in [7, 11) is 1.43. The summed E-state index contributed by atoms with van der Waals surface area (Å²) in [5.41, 5.74) is 0. The SMILES string of the molecule is COC(=O)CC(C)NC1CCC1. The van der Waals surface area contributed by atoms with Gasteiger partial charge in [-0.3, -0.25) is 4.79 Å². The minimum Gasteiger partial charge on any atom is -0.469 e. The molecule has 0 aromatic rings. The third-order valence-corrected chi connectivity index (χ3v) is 2.33. The molecule has 1 aliphatic rings. The Kier molecular flexibility index (Phi) is 3.53. The monoisotopic (exact) mass is 171 g/mol. The molecular formula is C9H17NO2. The van der Waals surface area contributed by atoms with Gasteiger partial charge in [0.15, 0.2) is 0 Å². The van der Waals surface area contributed by atoms with Gasteiger partial charge in [-0.15, -0.1) is 0 Å². The Morgan fingerprint density at radius 3 is 2.75 bits per heavy atom. The first-order valence-electron chi connectivity index (χ1n) is 4.55. The van der Waals surface area contributed by atoms with Gasteiger partial charge >= 0.3 is 5.97 Å². The molecule has 0 bridgehead atoms. The van der Waals surface area contributed by atoms with Crippen LogP contribution in [0.2, 0.25) is 0 Å². The molecule has 3 nitrogen and oxygen atoms in total. The zero-order valence-corrected chi connectivity index (χ0v) is 7.80. The number of carbonyl (C=O) groups is 1. The maximum atomic E-state index is 10.8. The predicted octanol–water partition coefficient (Wildman–Crippen LogP) is 1.08. The smallest absolute Gasteiger partial charge is 0.307 e. The Morgan fingerprint density at radius 1 is 1.67 bits per heavy atom. The standard InChI is InChI=1S/C9H17NO2/c1-7(6-9(11)12-2)10-8-4-3-5-8/h7-8,10H,3-6H2,1-2H3. The molecule has 12 heavy (non-hydrogen) atoms. The fraction of sp³-hybridized carbons (Fsp3) is 0.889. The molecule has 0 spiro atoms. The lowest BCUT2D eigenvalue weighted by atomic mass is 9.92. The van der Waals surface area contributed by atoms with E-state index in [0.717, 1.165) is 0 Å². The van der Waals surface area contributed by atoms with E-state index in [0.29, 0.717) is 12.5 Å². The second-order valence-corrected chi connectivity index (χ2v) is 3.48. The number of methoxy groups -OCH3 is 1. The van der Waals surface area contributed by atoms with E-state index < -0.39 is 0 Å². The van der Waals surface area contributed by atoms with Crippen molar-refractivity contribution in [2.75, 3.05) is 7.11 Å². The Morgan fingerprint density at radius 2 is 2.33 bits per heavy atom. The molecule has 0 saturated heterocycles. The van der Waals surface area contributed by atoms with E-state index >= 15 is 0 Å². The van der Waals surface area contributed by atoms with Crippen molar-refractivity contribution in [3.8, 4) is 0 Å². The zero-order chi connectivity index (χ0) is 8.97. The molecule has 1 atom stereocenters. The zero-order valence-electron chi connectivity index (χ0n) is 7.80. The highest BCUT2D eigenvalue weighted by molar-refractivity contribution is 5.69. The van der Waals surface area contributed by atoms with E-state index in [1.54, 1.807) is 0 Å². The van der Waals surface area contributed by atoms with Crippen LogP contribution in [0.4, 0.5) is 0 Å². The highest BCUT2D eigenvalue weighted by Gasteiger charge is 2.20. The minimum atomic E-state index is -0.130. The van der Waals surface area contributed by atoms with E-state index in [-0.39, 0.29) is 12.0 Å². The molecule has 1 aliphatic carbocycles. The lowest BCUT2D eigenvalue weighted by Gasteiger charge is -2.29. The van der Waals surface area contributed by atoms with E-state index in [1.807, 2.05) is 6.92 Å².